The Morgan fingerprint density at radius 3 is 2.93 bits per heavy atom. The molecule has 1 heterocycles. The van der Waals surface area contributed by atoms with Gasteiger partial charge in [-0.3, -0.25) is 0 Å². The molecule has 1 aromatic heterocycles. The van der Waals surface area contributed by atoms with Crippen LogP contribution in [0.3, 0.4) is 0 Å². The van der Waals surface area contributed by atoms with Crippen molar-refractivity contribution in [1.29, 1.82) is 0 Å². The summed E-state index contributed by atoms with van der Waals surface area (Å²) in [5.74, 6) is 1.22. The fourth-order valence-corrected chi connectivity index (χ4v) is 1.02. The van der Waals surface area contributed by atoms with Crippen LogP contribution >= 0.6 is 0 Å². The van der Waals surface area contributed by atoms with Crippen LogP contribution in [0.25, 0.3) is 0 Å². The zero-order valence-corrected chi connectivity index (χ0v) is 9.62. The lowest BCUT2D eigenvalue weighted by Gasteiger charge is -2.07. The van der Waals surface area contributed by atoms with E-state index >= 15 is 0 Å². The van der Waals surface area contributed by atoms with E-state index in [-0.39, 0.29) is 0 Å². The summed E-state index contributed by atoms with van der Waals surface area (Å²) in [6, 6.07) is 0.465. The molecule has 15 heavy (non-hydrogen) atoms. The highest BCUT2D eigenvalue weighted by Gasteiger charge is 2.06. The van der Waals surface area contributed by atoms with Crippen LogP contribution in [0.2, 0.25) is 0 Å². The van der Waals surface area contributed by atoms with Crippen LogP contribution in [0.5, 0.6) is 0 Å². The third kappa shape index (κ3) is 4.40. The molecule has 0 radical (unpaired) electrons. The Hall–Kier alpha value is -0.940. The number of aromatic nitrogens is 2. The fourth-order valence-electron chi connectivity index (χ4n) is 1.02. The predicted octanol–water partition coefficient (Wildman–Crippen LogP) is 1.49. The first kappa shape index (κ1) is 12.1. The van der Waals surface area contributed by atoms with E-state index in [0.717, 1.165) is 6.42 Å². The van der Waals surface area contributed by atoms with Crippen LogP contribution in [-0.2, 0) is 17.9 Å². The summed E-state index contributed by atoms with van der Waals surface area (Å²) in [6.45, 7) is 7.89. The number of nitrogens with one attached hydrogen (secondary N) is 1. The molecule has 1 rings (SSSR count). The number of rotatable bonds is 7. The van der Waals surface area contributed by atoms with Crippen molar-refractivity contribution >= 4 is 0 Å². The highest BCUT2D eigenvalue weighted by Crippen LogP contribution is 1.99. The molecular weight excluding hydrogens is 194 g/mol. The minimum Gasteiger partial charge on any atom is -0.374 e. The van der Waals surface area contributed by atoms with Gasteiger partial charge in [-0.05, 0) is 20.3 Å². The monoisotopic (exact) mass is 213 g/mol. The van der Waals surface area contributed by atoms with Gasteiger partial charge in [0.25, 0.3) is 0 Å². The quantitative estimate of drug-likeness (QED) is 0.743. The third-order valence-corrected chi connectivity index (χ3v) is 2.16. The van der Waals surface area contributed by atoms with Crippen molar-refractivity contribution in [3.05, 3.63) is 11.7 Å². The van der Waals surface area contributed by atoms with Crippen LogP contribution in [0.4, 0.5) is 0 Å². The fraction of sp³-hybridized carbons (Fsp3) is 0.800. The van der Waals surface area contributed by atoms with Crippen LogP contribution in [0.1, 0.15) is 38.9 Å². The van der Waals surface area contributed by atoms with E-state index in [0.29, 0.717) is 37.5 Å². The zero-order chi connectivity index (χ0) is 11.1. The van der Waals surface area contributed by atoms with Gasteiger partial charge >= 0.3 is 0 Å². The second-order valence-corrected chi connectivity index (χ2v) is 3.43. The average Bonchev–Trinajstić information content (AvgIpc) is 2.71. The summed E-state index contributed by atoms with van der Waals surface area (Å²) in [7, 11) is 0. The normalized spacial score (nSPS) is 13.0. The molecule has 0 spiro atoms. The molecular formula is C10H19N3O2. The predicted molar refractivity (Wildman–Crippen MR) is 56.2 cm³/mol. The smallest absolute Gasteiger partial charge is 0.240 e. The van der Waals surface area contributed by atoms with Crippen LogP contribution in [0.15, 0.2) is 4.52 Å². The van der Waals surface area contributed by atoms with Gasteiger partial charge in [0, 0.05) is 12.6 Å². The molecule has 1 aromatic rings. The van der Waals surface area contributed by atoms with Crippen molar-refractivity contribution in [2.24, 2.45) is 0 Å². The molecule has 86 valence electrons. The highest BCUT2D eigenvalue weighted by atomic mass is 16.5. The lowest BCUT2D eigenvalue weighted by Crippen LogP contribution is -2.24. The largest absolute Gasteiger partial charge is 0.374 e. The van der Waals surface area contributed by atoms with Gasteiger partial charge in [0.1, 0.15) is 6.61 Å². The van der Waals surface area contributed by atoms with Crippen molar-refractivity contribution < 1.29 is 9.26 Å². The average molecular weight is 213 g/mol. The Bertz CT molecular complexity index is 275. The van der Waals surface area contributed by atoms with E-state index in [1.54, 1.807) is 0 Å². The van der Waals surface area contributed by atoms with Crippen molar-refractivity contribution in [2.45, 2.75) is 46.4 Å². The van der Waals surface area contributed by atoms with Crippen LogP contribution in [0, 0.1) is 0 Å². The summed E-state index contributed by atoms with van der Waals surface area (Å²) in [6.07, 6.45) is 1.08. The Kier molecular flexibility index (Phi) is 5.28. The topological polar surface area (TPSA) is 60.2 Å². The second-order valence-electron chi connectivity index (χ2n) is 3.43. The minimum absolute atomic E-state index is 0.420. The van der Waals surface area contributed by atoms with E-state index in [1.807, 2.05) is 6.92 Å². The van der Waals surface area contributed by atoms with Gasteiger partial charge in [-0.25, -0.2) is 0 Å². The van der Waals surface area contributed by atoms with Crippen molar-refractivity contribution in [3.63, 3.8) is 0 Å². The van der Waals surface area contributed by atoms with Gasteiger partial charge in [0.05, 0.1) is 6.54 Å². The van der Waals surface area contributed by atoms with Crippen LogP contribution < -0.4 is 5.32 Å². The molecule has 0 aliphatic carbocycles. The molecule has 0 fully saturated rings. The van der Waals surface area contributed by atoms with Gasteiger partial charge in [0.15, 0.2) is 5.82 Å². The molecule has 1 unspecified atom stereocenters. The first-order chi connectivity index (χ1) is 7.26. The van der Waals surface area contributed by atoms with Crippen molar-refractivity contribution in [2.75, 3.05) is 6.61 Å². The molecule has 1 N–H and O–H groups in total. The Balaban J connectivity index is 2.32. The van der Waals surface area contributed by atoms with E-state index < -0.39 is 0 Å². The van der Waals surface area contributed by atoms with Gasteiger partial charge in [0.2, 0.25) is 5.89 Å². The maximum atomic E-state index is 5.17. The Morgan fingerprint density at radius 1 is 1.47 bits per heavy atom. The Labute approximate surface area is 90.2 Å². The highest BCUT2D eigenvalue weighted by molar-refractivity contribution is 4.84. The molecule has 0 bridgehead atoms. The molecule has 0 aromatic carbocycles. The van der Waals surface area contributed by atoms with Gasteiger partial charge < -0.3 is 14.6 Å². The summed E-state index contributed by atoms with van der Waals surface area (Å²) in [5.41, 5.74) is 0. The number of hydrogen-bond acceptors (Lipinski definition) is 5. The summed E-state index contributed by atoms with van der Waals surface area (Å²) in [5, 5.41) is 7.09. The summed E-state index contributed by atoms with van der Waals surface area (Å²) in [4.78, 5) is 4.19. The SMILES string of the molecule is CCOCc1noc(CNC(C)CC)n1. The van der Waals surface area contributed by atoms with Gasteiger partial charge in [-0.1, -0.05) is 12.1 Å². The lowest BCUT2D eigenvalue weighted by atomic mass is 10.3. The number of hydrogen-bond donors (Lipinski definition) is 1. The summed E-state index contributed by atoms with van der Waals surface area (Å²) >= 11 is 0. The molecule has 1 atom stereocenters. The first-order valence-electron chi connectivity index (χ1n) is 5.38. The minimum atomic E-state index is 0.420. The van der Waals surface area contributed by atoms with E-state index in [2.05, 4.69) is 29.3 Å². The first-order valence-corrected chi connectivity index (χ1v) is 5.38. The molecule has 0 saturated carbocycles. The van der Waals surface area contributed by atoms with Crippen LogP contribution in [-0.4, -0.2) is 22.8 Å². The maximum absolute atomic E-state index is 5.17. The van der Waals surface area contributed by atoms with Gasteiger partial charge in [-0.2, -0.15) is 4.98 Å². The zero-order valence-electron chi connectivity index (χ0n) is 9.62. The molecule has 5 nitrogen and oxygen atoms in total. The number of nitrogens with zero attached hydrogens (tertiary/aromatic N) is 2. The Morgan fingerprint density at radius 2 is 2.27 bits per heavy atom. The molecule has 0 aliphatic heterocycles. The van der Waals surface area contributed by atoms with Crippen molar-refractivity contribution in [1.82, 2.24) is 15.5 Å². The van der Waals surface area contributed by atoms with E-state index in [4.69, 9.17) is 9.26 Å². The molecule has 0 saturated heterocycles. The molecule has 5 heteroatoms. The lowest BCUT2D eigenvalue weighted by molar-refractivity contribution is 0.126. The maximum Gasteiger partial charge on any atom is 0.240 e. The van der Waals surface area contributed by atoms with E-state index in [9.17, 15) is 0 Å². The molecule has 0 aliphatic rings. The van der Waals surface area contributed by atoms with E-state index in [1.165, 1.54) is 0 Å². The second kappa shape index (κ2) is 6.53. The standard InChI is InChI=1S/C10H19N3O2/c1-4-8(3)11-6-10-12-9(13-15-10)7-14-5-2/h8,11H,4-7H2,1-3H3. The molecule has 0 amide bonds. The van der Waals surface area contributed by atoms with Gasteiger partial charge in [-0.15, -0.1) is 0 Å². The third-order valence-electron chi connectivity index (χ3n) is 2.16. The summed E-state index contributed by atoms with van der Waals surface area (Å²) < 4.78 is 10.2. The number of ether oxygens (including phenoxy) is 1. The van der Waals surface area contributed by atoms with Crippen molar-refractivity contribution in [3.8, 4) is 0 Å².